The smallest absolute Gasteiger partial charge is 0.100 e. The van der Waals surface area contributed by atoms with Crippen molar-refractivity contribution >= 4 is 6.21 Å². The van der Waals surface area contributed by atoms with Crippen molar-refractivity contribution in [3.05, 3.63) is 70.3 Å². The quantitative estimate of drug-likeness (QED) is 0.570. The topological polar surface area (TPSA) is 12.4 Å². The zero-order valence-electron chi connectivity index (χ0n) is 12.3. The van der Waals surface area contributed by atoms with Gasteiger partial charge in [0.25, 0.3) is 0 Å². The van der Waals surface area contributed by atoms with E-state index in [0.29, 0.717) is 6.54 Å². The van der Waals surface area contributed by atoms with Gasteiger partial charge in [0.05, 0.1) is 0 Å². The van der Waals surface area contributed by atoms with Gasteiger partial charge in [0, 0.05) is 11.8 Å². The van der Waals surface area contributed by atoms with E-state index in [2.05, 4.69) is 49.7 Å². The number of nitrogens with zero attached hydrogens (tertiary/aromatic N) is 1. The van der Waals surface area contributed by atoms with Gasteiger partial charge in [-0.15, -0.1) is 0 Å². The summed E-state index contributed by atoms with van der Waals surface area (Å²) in [5, 5.41) is 0. The highest BCUT2D eigenvalue weighted by Gasteiger charge is 1.98. The monoisotopic (exact) mass is 261 g/mol. The fourth-order valence-electron chi connectivity index (χ4n) is 1.97. The maximum Gasteiger partial charge on any atom is 0.100 e. The van der Waals surface area contributed by atoms with Crippen molar-refractivity contribution in [2.75, 3.05) is 6.54 Å². The zero-order chi connectivity index (χ0) is 14.4. The van der Waals surface area contributed by atoms with E-state index in [1.807, 2.05) is 36.5 Å². The van der Waals surface area contributed by atoms with Crippen molar-refractivity contribution in [3.63, 3.8) is 0 Å². The summed E-state index contributed by atoms with van der Waals surface area (Å²) in [6.45, 7) is 6.88. The van der Waals surface area contributed by atoms with Gasteiger partial charge < -0.3 is 0 Å². The predicted molar refractivity (Wildman–Crippen MR) is 86.4 cm³/mol. The van der Waals surface area contributed by atoms with Crippen LogP contribution in [0.25, 0.3) is 0 Å². The molecule has 1 nitrogen and oxygen atoms in total. The van der Waals surface area contributed by atoms with E-state index in [0.717, 1.165) is 11.1 Å². The molecule has 0 saturated carbocycles. The Morgan fingerprint density at radius 2 is 1.65 bits per heavy atom. The molecule has 0 unspecified atom stereocenters. The van der Waals surface area contributed by atoms with E-state index in [9.17, 15) is 0 Å². The molecule has 100 valence electrons. The Morgan fingerprint density at radius 3 is 2.40 bits per heavy atom. The van der Waals surface area contributed by atoms with Crippen LogP contribution in [0.4, 0.5) is 0 Å². The lowest BCUT2D eigenvalue weighted by atomic mass is 10.0. The molecular formula is C19H19N. The van der Waals surface area contributed by atoms with Crippen molar-refractivity contribution < 1.29 is 0 Å². The minimum Gasteiger partial charge on any atom is -0.280 e. The highest BCUT2D eigenvalue weighted by atomic mass is 14.7. The van der Waals surface area contributed by atoms with Crippen LogP contribution < -0.4 is 0 Å². The van der Waals surface area contributed by atoms with Crippen LogP contribution in [-0.4, -0.2) is 12.8 Å². The number of rotatable bonds is 2. The third kappa shape index (κ3) is 3.83. The molecule has 0 heterocycles. The van der Waals surface area contributed by atoms with Gasteiger partial charge in [-0.3, -0.25) is 4.99 Å². The Labute approximate surface area is 121 Å². The van der Waals surface area contributed by atoms with Gasteiger partial charge in [-0.1, -0.05) is 48.2 Å². The van der Waals surface area contributed by atoms with Crippen LogP contribution in [0, 0.1) is 32.6 Å². The Morgan fingerprint density at radius 1 is 0.950 bits per heavy atom. The molecule has 20 heavy (non-hydrogen) atoms. The maximum atomic E-state index is 4.33. The molecule has 0 N–H and O–H groups in total. The summed E-state index contributed by atoms with van der Waals surface area (Å²) in [6.07, 6.45) is 1.86. The normalized spacial score (nSPS) is 10.3. The Balaban J connectivity index is 2.02. The summed E-state index contributed by atoms with van der Waals surface area (Å²) < 4.78 is 0. The molecule has 0 aliphatic heterocycles. The van der Waals surface area contributed by atoms with Gasteiger partial charge in [-0.25, -0.2) is 0 Å². The Kier molecular flexibility index (Phi) is 4.74. The van der Waals surface area contributed by atoms with Crippen molar-refractivity contribution in [1.29, 1.82) is 0 Å². The third-order valence-electron chi connectivity index (χ3n) is 3.27. The summed E-state index contributed by atoms with van der Waals surface area (Å²) in [5.74, 6) is 6.32. The molecule has 0 amide bonds. The molecule has 0 bridgehead atoms. The van der Waals surface area contributed by atoms with Crippen LogP contribution in [0.3, 0.4) is 0 Å². The van der Waals surface area contributed by atoms with E-state index < -0.39 is 0 Å². The fourth-order valence-corrected chi connectivity index (χ4v) is 1.97. The van der Waals surface area contributed by atoms with E-state index in [1.165, 1.54) is 16.7 Å². The molecule has 2 aromatic carbocycles. The van der Waals surface area contributed by atoms with Crippen molar-refractivity contribution in [2.24, 2.45) is 4.99 Å². The summed E-state index contributed by atoms with van der Waals surface area (Å²) in [4.78, 5) is 4.33. The average molecular weight is 261 g/mol. The van der Waals surface area contributed by atoms with Gasteiger partial charge in [-0.2, -0.15) is 0 Å². The Hall–Kier alpha value is -2.33. The molecule has 0 atom stereocenters. The standard InChI is InChI=1S/C19H19N/c1-15-12-17(3)19(13-16(15)2)10-7-11-20-14-18-8-5-4-6-9-18/h4-6,8-9,12-14H,11H2,1-3H3/b20-14+. The Bertz CT molecular complexity index is 670. The molecule has 0 saturated heterocycles. The second kappa shape index (κ2) is 6.73. The first-order chi connectivity index (χ1) is 9.66. The van der Waals surface area contributed by atoms with E-state index >= 15 is 0 Å². The van der Waals surface area contributed by atoms with Gasteiger partial charge in [0.2, 0.25) is 0 Å². The first-order valence-corrected chi connectivity index (χ1v) is 6.78. The van der Waals surface area contributed by atoms with Gasteiger partial charge in [-0.05, 0) is 49.1 Å². The molecule has 1 heteroatoms. The largest absolute Gasteiger partial charge is 0.280 e. The maximum absolute atomic E-state index is 4.33. The highest BCUT2D eigenvalue weighted by Crippen LogP contribution is 2.14. The van der Waals surface area contributed by atoms with Gasteiger partial charge >= 0.3 is 0 Å². The molecule has 0 fully saturated rings. The molecule has 0 radical (unpaired) electrons. The van der Waals surface area contributed by atoms with Crippen LogP contribution in [0.15, 0.2) is 47.5 Å². The van der Waals surface area contributed by atoms with Crippen molar-refractivity contribution in [2.45, 2.75) is 20.8 Å². The fraction of sp³-hybridized carbons (Fsp3) is 0.211. The van der Waals surface area contributed by atoms with E-state index in [-0.39, 0.29) is 0 Å². The lowest BCUT2D eigenvalue weighted by Crippen LogP contribution is -1.88. The third-order valence-corrected chi connectivity index (χ3v) is 3.27. The minimum atomic E-state index is 0.529. The first kappa shape index (κ1) is 14.1. The first-order valence-electron chi connectivity index (χ1n) is 6.78. The molecule has 0 spiro atoms. The number of hydrogen-bond acceptors (Lipinski definition) is 1. The van der Waals surface area contributed by atoms with Crippen LogP contribution in [0.2, 0.25) is 0 Å². The van der Waals surface area contributed by atoms with Crippen LogP contribution in [0.1, 0.15) is 27.8 Å². The average Bonchev–Trinajstić information content (AvgIpc) is 2.45. The van der Waals surface area contributed by atoms with Crippen LogP contribution in [0.5, 0.6) is 0 Å². The summed E-state index contributed by atoms with van der Waals surface area (Å²) in [5.41, 5.74) is 6.04. The van der Waals surface area contributed by atoms with E-state index in [1.54, 1.807) is 0 Å². The molecule has 2 rings (SSSR count). The number of aryl methyl sites for hydroxylation is 3. The summed E-state index contributed by atoms with van der Waals surface area (Å²) in [7, 11) is 0. The second-order valence-corrected chi connectivity index (χ2v) is 4.93. The molecule has 2 aromatic rings. The number of hydrogen-bond donors (Lipinski definition) is 0. The van der Waals surface area contributed by atoms with Gasteiger partial charge in [0.15, 0.2) is 0 Å². The van der Waals surface area contributed by atoms with Gasteiger partial charge in [0.1, 0.15) is 6.54 Å². The highest BCUT2D eigenvalue weighted by molar-refractivity contribution is 5.79. The predicted octanol–water partition coefficient (Wildman–Crippen LogP) is 4.08. The van der Waals surface area contributed by atoms with Crippen molar-refractivity contribution in [1.82, 2.24) is 0 Å². The van der Waals surface area contributed by atoms with Crippen LogP contribution in [-0.2, 0) is 0 Å². The summed E-state index contributed by atoms with van der Waals surface area (Å²) >= 11 is 0. The van der Waals surface area contributed by atoms with E-state index in [4.69, 9.17) is 0 Å². The summed E-state index contributed by atoms with van der Waals surface area (Å²) in [6, 6.07) is 14.4. The molecule has 0 aromatic heterocycles. The number of benzene rings is 2. The molecule has 0 aliphatic rings. The lowest BCUT2D eigenvalue weighted by molar-refractivity contribution is 1.28. The lowest BCUT2D eigenvalue weighted by Gasteiger charge is -2.03. The second-order valence-electron chi connectivity index (χ2n) is 4.93. The SMILES string of the molecule is Cc1cc(C)c(C#CC/N=C/c2ccccc2)cc1C. The zero-order valence-corrected chi connectivity index (χ0v) is 12.3. The molecular weight excluding hydrogens is 242 g/mol. The van der Waals surface area contributed by atoms with Crippen molar-refractivity contribution in [3.8, 4) is 11.8 Å². The molecule has 0 aliphatic carbocycles. The number of aliphatic imine (C=N–C) groups is 1. The minimum absolute atomic E-state index is 0.529. The van der Waals surface area contributed by atoms with Crippen LogP contribution >= 0.6 is 0 Å².